The average Bonchev–Trinajstić information content (AvgIpc) is 2.65. The van der Waals surface area contributed by atoms with E-state index in [0.29, 0.717) is 12.5 Å². The van der Waals surface area contributed by atoms with Crippen LogP contribution in [0.3, 0.4) is 0 Å². The van der Waals surface area contributed by atoms with Crippen LogP contribution in [0, 0.1) is 0 Å². The number of hydrogen-bond acceptors (Lipinski definition) is 3. The number of rotatable bonds is 6. The van der Waals surface area contributed by atoms with E-state index in [1.54, 1.807) is 0 Å². The largest absolute Gasteiger partial charge is 0.298 e. The second-order valence-corrected chi connectivity index (χ2v) is 4.75. The minimum Gasteiger partial charge on any atom is -0.298 e. The molecule has 1 amide bonds. The molecule has 3 N–H and O–H groups in total. The number of hydrogen-bond donors (Lipinski definition) is 2. The SMILES string of the molecule is CCC1CCC(C)N1CCCCC(=O)NN. The minimum atomic E-state index is -0.0542. The molecule has 0 saturated carbocycles. The van der Waals surface area contributed by atoms with Gasteiger partial charge in [0, 0.05) is 18.5 Å². The van der Waals surface area contributed by atoms with Gasteiger partial charge in [0.1, 0.15) is 0 Å². The maximum atomic E-state index is 10.9. The van der Waals surface area contributed by atoms with Gasteiger partial charge in [0.2, 0.25) is 5.91 Å². The van der Waals surface area contributed by atoms with Crippen LogP contribution in [0.5, 0.6) is 0 Å². The fraction of sp³-hybridized carbons (Fsp3) is 0.917. The van der Waals surface area contributed by atoms with E-state index >= 15 is 0 Å². The molecule has 1 rings (SSSR count). The molecule has 1 aliphatic heterocycles. The molecule has 0 aromatic heterocycles. The molecule has 0 radical (unpaired) electrons. The Morgan fingerprint density at radius 2 is 2.19 bits per heavy atom. The van der Waals surface area contributed by atoms with Gasteiger partial charge in [0.25, 0.3) is 0 Å². The third kappa shape index (κ3) is 3.76. The van der Waals surface area contributed by atoms with Crippen LogP contribution >= 0.6 is 0 Å². The van der Waals surface area contributed by atoms with Crippen LogP contribution in [-0.4, -0.2) is 29.4 Å². The van der Waals surface area contributed by atoms with Crippen LogP contribution in [-0.2, 0) is 4.79 Å². The van der Waals surface area contributed by atoms with Crippen LogP contribution in [0.1, 0.15) is 52.4 Å². The molecule has 2 atom stereocenters. The molecule has 0 bridgehead atoms. The van der Waals surface area contributed by atoms with E-state index in [1.165, 1.54) is 19.3 Å². The molecule has 94 valence electrons. The van der Waals surface area contributed by atoms with Crippen molar-refractivity contribution in [2.75, 3.05) is 6.54 Å². The molecule has 1 aliphatic rings. The van der Waals surface area contributed by atoms with Gasteiger partial charge >= 0.3 is 0 Å². The number of hydrazine groups is 1. The van der Waals surface area contributed by atoms with E-state index in [1.807, 2.05) is 0 Å². The number of carbonyl (C=O) groups is 1. The maximum Gasteiger partial charge on any atom is 0.233 e. The number of carbonyl (C=O) groups excluding carboxylic acids is 1. The van der Waals surface area contributed by atoms with Crippen molar-refractivity contribution in [1.29, 1.82) is 0 Å². The van der Waals surface area contributed by atoms with Crippen molar-refractivity contribution in [3.05, 3.63) is 0 Å². The Hall–Kier alpha value is -0.610. The van der Waals surface area contributed by atoms with E-state index < -0.39 is 0 Å². The fourth-order valence-electron chi connectivity index (χ4n) is 2.62. The zero-order chi connectivity index (χ0) is 12.0. The predicted octanol–water partition coefficient (Wildman–Crippen LogP) is 1.41. The zero-order valence-electron chi connectivity index (χ0n) is 10.5. The highest BCUT2D eigenvalue weighted by Crippen LogP contribution is 2.26. The highest BCUT2D eigenvalue weighted by Gasteiger charge is 2.28. The lowest BCUT2D eigenvalue weighted by Crippen LogP contribution is -2.35. The summed E-state index contributed by atoms with van der Waals surface area (Å²) in [6.45, 7) is 5.69. The van der Waals surface area contributed by atoms with E-state index in [2.05, 4.69) is 24.2 Å². The standard InChI is InChI=1S/C12H25N3O/c1-3-11-8-7-10(2)15(11)9-5-4-6-12(16)14-13/h10-11H,3-9,13H2,1-2H3,(H,14,16). The molecule has 16 heavy (non-hydrogen) atoms. The number of nitrogens with two attached hydrogens (primary N) is 1. The Kier molecular flexibility index (Phi) is 5.77. The maximum absolute atomic E-state index is 10.9. The monoisotopic (exact) mass is 227 g/mol. The van der Waals surface area contributed by atoms with Gasteiger partial charge in [-0.2, -0.15) is 0 Å². The Balaban J connectivity index is 2.18. The van der Waals surface area contributed by atoms with Crippen molar-refractivity contribution in [2.45, 2.75) is 64.5 Å². The van der Waals surface area contributed by atoms with Gasteiger partial charge in [-0.15, -0.1) is 0 Å². The molecule has 2 unspecified atom stereocenters. The number of likely N-dealkylation sites (tertiary alicyclic amines) is 1. The lowest BCUT2D eigenvalue weighted by Gasteiger charge is -2.27. The Morgan fingerprint density at radius 1 is 1.44 bits per heavy atom. The van der Waals surface area contributed by atoms with E-state index in [0.717, 1.165) is 25.4 Å². The molecule has 4 heteroatoms. The van der Waals surface area contributed by atoms with Gasteiger partial charge in [0.15, 0.2) is 0 Å². The third-order valence-corrected chi connectivity index (χ3v) is 3.66. The topological polar surface area (TPSA) is 58.4 Å². The highest BCUT2D eigenvalue weighted by molar-refractivity contribution is 5.75. The molecule has 0 spiro atoms. The van der Waals surface area contributed by atoms with Gasteiger partial charge in [-0.25, -0.2) is 5.84 Å². The molecule has 1 saturated heterocycles. The van der Waals surface area contributed by atoms with Crippen LogP contribution in [0.4, 0.5) is 0 Å². The second kappa shape index (κ2) is 6.86. The molecule has 4 nitrogen and oxygen atoms in total. The van der Waals surface area contributed by atoms with Crippen LogP contribution in [0.2, 0.25) is 0 Å². The van der Waals surface area contributed by atoms with Crippen LogP contribution in [0.25, 0.3) is 0 Å². The van der Waals surface area contributed by atoms with Crippen molar-refractivity contribution < 1.29 is 4.79 Å². The molecule has 1 heterocycles. The van der Waals surface area contributed by atoms with Gasteiger partial charge in [-0.1, -0.05) is 6.92 Å². The van der Waals surface area contributed by atoms with Crippen molar-refractivity contribution >= 4 is 5.91 Å². The van der Waals surface area contributed by atoms with Crippen molar-refractivity contribution in [3.8, 4) is 0 Å². The average molecular weight is 227 g/mol. The molecular formula is C12H25N3O. The first-order chi connectivity index (χ1) is 7.69. The number of nitrogens with zero attached hydrogens (tertiary/aromatic N) is 1. The number of amides is 1. The van der Waals surface area contributed by atoms with Gasteiger partial charge in [-0.3, -0.25) is 15.1 Å². The fourth-order valence-corrected chi connectivity index (χ4v) is 2.62. The first-order valence-electron chi connectivity index (χ1n) is 6.44. The molecule has 0 aromatic carbocycles. The molecular weight excluding hydrogens is 202 g/mol. The summed E-state index contributed by atoms with van der Waals surface area (Å²) < 4.78 is 0. The molecule has 0 aromatic rings. The summed E-state index contributed by atoms with van der Waals surface area (Å²) in [7, 11) is 0. The van der Waals surface area contributed by atoms with Crippen molar-refractivity contribution in [1.82, 2.24) is 10.3 Å². The minimum absolute atomic E-state index is 0.0542. The summed E-state index contributed by atoms with van der Waals surface area (Å²) in [5, 5.41) is 0. The smallest absolute Gasteiger partial charge is 0.233 e. The first-order valence-corrected chi connectivity index (χ1v) is 6.44. The van der Waals surface area contributed by atoms with E-state index in [4.69, 9.17) is 5.84 Å². The molecule has 1 fully saturated rings. The summed E-state index contributed by atoms with van der Waals surface area (Å²) in [5.74, 6) is 4.98. The lowest BCUT2D eigenvalue weighted by atomic mass is 10.1. The van der Waals surface area contributed by atoms with Crippen molar-refractivity contribution in [2.24, 2.45) is 5.84 Å². The summed E-state index contributed by atoms with van der Waals surface area (Å²) in [4.78, 5) is 13.5. The lowest BCUT2D eigenvalue weighted by molar-refractivity contribution is -0.121. The van der Waals surface area contributed by atoms with Crippen LogP contribution in [0.15, 0.2) is 0 Å². The highest BCUT2D eigenvalue weighted by atomic mass is 16.2. The molecule has 0 aliphatic carbocycles. The summed E-state index contributed by atoms with van der Waals surface area (Å²) in [5.41, 5.74) is 2.17. The Bertz CT molecular complexity index is 220. The first kappa shape index (κ1) is 13.5. The van der Waals surface area contributed by atoms with E-state index in [-0.39, 0.29) is 5.91 Å². The second-order valence-electron chi connectivity index (χ2n) is 4.75. The Labute approximate surface area is 98.5 Å². The number of unbranched alkanes of at least 4 members (excludes halogenated alkanes) is 1. The van der Waals surface area contributed by atoms with Crippen molar-refractivity contribution in [3.63, 3.8) is 0 Å². The summed E-state index contributed by atoms with van der Waals surface area (Å²) in [6.07, 6.45) is 6.48. The zero-order valence-corrected chi connectivity index (χ0v) is 10.5. The quantitative estimate of drug-likeness (QED) is 0.312. The van der Waals surface area contributed by atoms with Gasteiger partial charge < -0.3 is 0 Å². The predicted molar refractivity (Wildman–Crippen MR) is 65.7 cm³/mol. The summed E-state index contributed by atoms with van der Waals surface area (Å²) in [6, 6.07) is 1.48. The van der Waals surface area contributed by atoms with Gasteiger partial charge in [0.05, 0.1) is 0 Å². The number of nitrogens with one attached hydrogen (secondary N) is 1. The van der Waals surface area contributed by atoms with E-state index in [9.17, 15) is 4.79 Å². The third-order valence-electron chi connectivity index (χ3n) is 3.66. The van der Waals surface area contributed by atoms with Gasteiger partial charge in [-0.05, 0) is 45.6 Å². The summed E-state index contributed by atoms with van der Waals surface area (Å²) >= 11 is 0. The normalized spacial score (nSPS) is 25.9. The van der Waals surface area contributed by atoms with Crippen LogP contribution < -0.4 is 11.3 Å². The Morgan fingerprint density at radius 3 is 2.81 bits per heavy atom.